The van der Waals surface area contributed by atoms with E-state index in [9.17, 15) is 0 Å². The molecule has 0 atom stereocenters. The highest BCUT2D eigenvalue weighted by atomic mass is 15.1. The zero-order chi connectivity index (χ0) is 31.6. The maximum absolute atomic E-state index is 2.63. The lowest BCUT2D eigenvalue weighted by atomic mass is 10.0. The number of aryl methyl sites for hydroxylation is 2. The number of hydrogen-bond donors (Lipinski definition) is 0. The van der Waals surface area contributed by atoms with Crippen LogP contribution in [-0.2, 0) is 19.5 Å². The van der Waals surface area contributed by atoms with Gasteiger partial charge in [-0.2, -0.15) is 0 Å². The van der Waals surface area contributed by atoms with Crippen molar-refractivity contribution >= 4 is 0 Å². The molecule has 0 bridgehead atoms. The van der Waals surface area contributed by atoms with Crippen LogP contribution >= 0.6 is 0 Å². The van der Waals surface area contributed by atoms with Gasteiger partial charge in [-0.05, 0) is 32.1 Å². The maximum Gasteiger partial charge on any atom is 0.256 e. The Labute approximate surface area is 279 Å². The first-order valence-electron chi connectivity index (χ1n) is 20.9. The second kappa shape index (κ2) is 33.6. The van der Waals surface area contributed by atoms with Gasteiger partial charge < -0.3 is 0 Å². The topological polar surface area (TPSA) is 8.81 Å². The second-order valence-electron chi connectivity index (χ2n) is 14.5. The van der Waals surface area contributed by atoms with Crippen molar-refractivity contribution in [3.8, 4) is 0 Å². The highest BCUT2D eigenvalue weighted by Gasteiger charge is 2.16. The van der Waals surface area contributed by atoms with Crippen molar-refractivity contribution in [1.82, 2.24) is 4.57 Å². The quantitative estimate of drug-likeness (QED) is 0.0524. The van der Waals surface area contributed by atoms with Gasteiger partial charge in [0.15, 0.2) is 0 Å². The third kappa shape index (κ3) is 25.4. The Bertz CT molecular complexity index is 677. The molecule has 0 unspecified atom stereocenters. The summed E-state index contributed by atoms with van der Waals surface area (Å²) in [7, 11) is 0. The monoisotopic (exact) mass is 616 g/mol. The molecule has 0 aliphatic carbocycles. The molecule has 260 valence electrons. The molecule has 0 aromatic carbocycles. The van der Waals surface area contributed by atoms with E-state index in [0.717, 1.165) is 0 Å². The Morgan fingerprint density at radius 1 is 0.386 bits per heavy atom. The molecule has 0 amide bonds. The van der Waals surface area contributed by atoms with E-state index >= 15 is 0 Å². The molecule has 1 aromatic rings. The van der Waals surface area contributed by atoms with Gasteiger partial charge in [-0.3, -0.25) is 0 Å². The van der Waals surface area contributed by atoms with Crippen molar-refractivity contribution in [1.29, 1.82) is 0 Å². The van der Waals surface area contributed by atoms with Crippen LogP contribution in [0.3, 0.4) is 0 Å². The van der Waals surface area contributed by atoms with Gasteiger partial charge in [-0.25, -0.2) is 9.13 Å². The Balaban J connectivity index is 2.21. The Morgan fingerprint density at radius 2 is 0.705 bits per heavy atom. The number of aromatic nitrogens is 2. The molecule has 1 aromatic heterocycles. The average Bonchev–Trinajstić information content (AvgIpc) is 3.42. The summed E-state index contributed by atoms with van der Waals surface area (Å²) in [6, 6.07) is 0. The lowest BCUT2D eigenvalue weighted by Gasteiger charge is -2.07. The highest BCUT2D eigenvalue weighted by molar-refractivity contribution is 4.84. The fourth-order valence-corrected chi connectivity index (χ4v) is 7.03. The molecule has 1 rings (SSSR count). The van der Waals surface area contributed by atoms with Gasteiger partial charge in [0.25, 0.3) is 5.82 Å². The first-order valence-corrected chi connectivity index (χ1v) is 20.9. The van der Waals surface area contributed by atoms with Crippen LogP contribution in [0.2, 0.25) is 0 Å². The van der Waals surface area contributed by atoms with E-state index in [1.807, 2.05) is 0 Å². The average molecular weight is 616 g/mol. The lowest BCUT2D eigenvalue weighted by molar-refractivity contribution is -0.704. The minimum absolute atomic E-state index is 1.23. The van der Waals surface area contributed by atoms with Gasteiger partial charge in [-0.15, -0.1) is 0 Å². The van der Waals surface area contributed by atoms with Gasteiger partial charge >= 0.3 is 0 Å². The molecule has 0 N–H and O–H groups in total. The summed E-state index contributed by atoms with van der Waals surface area (Å²) in [5.41, 5.74) is 0. The molecular formula is C42H83N2+. The predicted molar refractivity (Wildman–Crippen MR) is 198 cm³/mol. The number of nitrogens with zero attached hydrogens (tertiary/aromatic N) is 2. The molecule has 44 heavy (non-hydrogen) atoms. The number of rotatable bonds is 36. The number of hydrogen-bond acceptors (Lipinski definition) is 0. The molecular weight excluding hydrogens is 532 g/mol. The molecule has 1 heterocycles. The van der Waals surface area contributed by atoms with Gasteiger partial charge in [0.2, 0.25) is 0 Å². The molecule has 0 spiro atoms. The second-order valence-corrected chi connectivity index (χ2v) is 14.5. The van der Waals surface area contributed by atoms with E-state index in [2.05, 4.69) is 42.3 Å². The SMILES string of the molecule is CCCCCCCCCCCCCCCCCCc1n(CCCCCCCC)cc[n+]1CCCCCCCCCCCCC. The van der Waals surface area contributed by atoms with Crippen molar-refractivity contribution in [2.75, 3.05) is 0 Å². The molecule has 0 saturated heterocycles. The normalized spacial score (nSPS) is 11.6. The van der Waals surface area contributed by atoms with E-state index in [4.69, 9.17) is 0 Å². The first kappa shape index (κ1) is 41.2. The van der Waals surface area contributed by atoms with Crippen molar-refractivity contribution in [3.63, 3.8) is 0 Å². The Morgan fingerprint density at radius 3 is 1.09 bits per heavy atom. The number of unbranched alkanes of at least 4 members (excludes halogenated alkanes) is 30. The standard InChI is InChI=1S/C42H83N2/c1-4-7-10-13-16-18-20-21-22-23-24-25-27-29-31-34-37-42-43(38-35-32-15-12-9-6-3)40-41-44(42)39-36-33-30-28-26-19-17-14-11-8-5-2/h40-41H,4-39H2,1-3H3/q+1. The predicted octanol–water partition coefficient (Wildman–Crippen LogP) is 14.3. The van der Waals surface area contributed by atoms with E-state index in [1.54, 1.807) is 5.82 Å². The fraction of sp³-hybridized carbons (Fsp3) is 0.929. The van der Waals surface area contributed by atoms with Gasteiger partial charge in [0.1, 0.15) is 12.4 Å². The first-order chi connectivity index (χ1) is 21.8. The van der Waals surface area contributed by atoms with Crippen molar-refractivity contribution in [3.05, 3.63) is 18.2 Å². The smallest absolute Gasteiger partial charge is 0.234 e. The summed E-state index contributed by atoms with van der Waals surface area (Å²) in [4.78, 5) is 0. The number of imidazole rings is 1. The van der Waals surface area contributed by atoms with E-state index in [0.29, 0.717) is 0 Å². The van der Waals surface area contributed by atoms with Gasteiger partial charge in [0, 0.05) is 6.42 Å². The largest absolute Gasteiger partial charge is 0.256 e. The van der Waals surface area contributed by atoms with Crippen molar-refractivity contribution < 1.29 is 4.57 Å². The van der Waals surface area contributed by atoms with Crippen LogP contribution in [-0.4, -0.2) is 4.57 Å². The third-order valence-electron chi connectivity index (χ3n) is 10.1. The molecule has 0 aliphatic heterocycles. The summed E-state index contributed by atoms with van der Waals surface area (Å²) in [5, 5.41) is 0. The third-order valence-corrected chi connectivity index (χ3v) is 10.1. The van der Waals surface area contributed by atoms with Crippen molar-refractivity contribution in [2.24, 2.45) is 0 Å². The van der Waals surface area contributed by atoms with Gasteiger partial charge in [-0.1, -0.05) is 201 Å². The fourth-order valence-electron chi connectivity index (χ4n) is 7.03. The summed E-state index contributed by atoms with van der Waals surface area (Å²) >= 11 is 0. The van der Waals surface area contributed by atoms with E-state index in [1.165, 1.54) is 231 Å². The molecule has 0 saturated carbocycles. The molecule has 0 aliphatic rings. The highest BCUT2D eigenvalue weighted by Crippen LogP contribution is 2.16. The Kier molecular flexibility index (Phi) is 31.5. The van der Waals surface area contributed by atoms with Crippen LogP contribution < -0.4 is 4.57 Å². The van der Waals surface area contributed by atoms with Crippen molar-refractivity contribution in [2.45, 2.75) is 252 Å². The van der Waals surface area contributed by atoms with Crippen LogP contribution in [0.1, 0.15) is 238 Å². The lowest BCUT2D eigenvalue weighted by Crippen LogP contribution is -2.37. The summed E-state index contributed by atoms with van der Waals surface area (Å²) in [6.45, 7) is 9.40. The zero-order valence-corrected chi connectivity index (χ0v) is 31.0. The van der Waals surface area contributed by atoms with Crippen LogP contribution in [0.4, 0.5) is 0 Å². The Hall–Kier alpha value is -0.790. The molecule has 0 fully saturated rings. The van der Waals surface area contributed by atoms with Crippen LogP contribution in [0.5, 0.6) is 0 Å². The molecule has 2 heteroatoms. The van der Waals surface area contributed by atoms with E-state index in [-0.39, 0.29) is 0 Å². The van der Waals surface area contributed by atoms with E-state index < -0.39 is 0 Å². The summed E-state index contributed by atoms with van der Waals surface area (Å²) < 4.78 is 5.26. The summed E-state index contributed by atoms with van der Waals surface area (Å²) in [6.07, 6.45) is 53.4. The minimum atomic E-state index is 1.23. The van der Waals surface area contributed by atoms with Gasteiger partial charge in [0.05, 0.1) is 13.1 Å². The maximum atomic E-state index is 2.63. The van der Waals surface area contributed by atoms with Crippen LogP contribution in [0.25, 0.3) is 0 Å². The zero-order valence-electron chi connectivity index (χ0n) is 31.0. The summed E-state index contributed by atoms with van der Waals surface area (Å²) in [5.74, 6) is 1.62. The van der Waals surface area contributed by atoms with Crippen LogP contribution in [0, 0.1) is 0 Å². The molecule has 0 radical (unpaired) electrons. The molecule has 2 nitrogen and oxygen atoms in total. The van der Waals surface area contributed by atoms with Crippen LogP contribution in [0.15, 0.2) is 12.4 Å². The minimum Gasteiger partial charge on any atom is -0.234 e.